The second kappa shape index (κ2) is 6.25. The lowest BCUT2D eigenvalue weighted by molar-refractivity contribution is -0.0366. The molecule has 6 nitrogen and oxygen atoms in total. The van der Waals surface area contributed by atoms with Crippen molar-refractivity contribution in [3.05, 3.63) is 59.0 Å². The topological polar surface area (TPSA) is 80.1 Å². The molecule has 1 atom stereocenters. The number of ether oxygens (including phenoxy) is 1. The monoisotopic (exact) mass is 361 g/mol. The third-order valence-electron chi connectivity index (χ3n) is 5.24. The van der Waals surface area contributed by atoms with Crippen molar-refractivity contribution >= 4 is 21.8 Å². The number of nitrogens with zero attached hydrogens (tertiary/aromatic N) is 2. The minimum Gasteiger partial charge on any atom is -0.503 e. The summed E-state index contributed by atoms with van der Waals surface area (Å²) in [6, 6.07) is 13.3. The number of hydrogen-bond donors (Lipinski definition) is 2. The van der Waals surface area contributed by atoms with Crippen LogP contribution in [0.25, 0.3) is 32.9 Å². The highest BCUT2D eigenvalue weighted by Crippen LogP contribution is 2.38. The van der Waals surface area contributed by atoms with Gasteiger partial charge in [-0.05, 0) is 37.0 Å². The first-order valence-electron chi connectivity index (χ1n) is 9.16. The highest BCUT2D eigenvalue weighted by Gasteiger charge is 2.21. The third-order valence-corrected chi connectivity index (χ3v) is 5.24. The number of hydrogen-bond acceptors (Lipinski definition) is 4. The molecule has 1 saturated heterocycles. The zero-order valence-electron chi connectivity index (χ0n) is 14.7. The van der Waals surface area contributed by atoms with Gasteiger partial charge in [-0.3, -0.25) is 4.79 Å². The van der Waals surface area contributed by atoms with E-state index in [-0.39, 0.29) is 12.0 Å². The van der Waals surface area contributed by atoms with E-state index in [0.29, 0.717) is 11.1 Å². The van der Waals surface area contributed by atoms with Gasteiger partial charge in [0.15, 0.2) is 12.0 Å². The Kier molecular flexibility index (Phi) is 3.72. The number of nitrogens with one attached hydrogen (secondary N) is 1. The van der Waals surface area contributed by atoms with Crippen LogP contribution in [0.1, 0.15) is 25.5 Å². The second-order valence-corrected chi connectivity index (χ2v) is 6.87. The van der Waals surface area contributed by atoms with E-state index in [4.69, 9.17) is 4.74 Å². The summed E-state index contributed by atoms with van der Waals surface area (Å²) in [5.74, 6) is -0.275. The van der Waals surface area contributed by atoms with Gasteiger partial charge in [-0.2, -0.15) is 5.10 Å². The lowest BCUT2D eigenvalue weighted by atomic mass is 9.97. The number of aromatic amines is 1. The van der Waals surface area contributed by atoms with Gasteiger partial charge in [-0.1, -0.05) is 30.3 Å². The van der Waals surface area contributed by atoms with Crippen LogP contribution in [0.3, 0.4) is 0 Å². The van der Waals surface area contributed by atoms with Crippen LogP contribution in [0.15, 0.2) is 53.5 Å². The Labute approximate surface area is 155 Å². The Balaban J connectivity index is 1.78. The minimum absolute atomic E-state index is 0.0731. The summed E-state index contributed by atoms with van der Waals surface area (Å²) in [6.07, 6.45) is 4.84. The second-order valence-electron chi connectivity index (χ2n) is 6.87. The van der Waals surface area contributed by atoms with Crippen LogP contribution < -0.4 is 5.56 Å². The van der Waals surface area contributed by atoms with E-state index in [1.165, 1.54) is 0 Å². The zero-order valence-corrected chi connectivity index (χ0v) is 14.7. The molecule has 4 aromatic rings. The van der Waals surface area contributed by atoms with Gasteiger partial charge in [0.2, 0.25) is 0 Å². The SMILES string of the molecule is O=c1[nH]c2ccccc2c(-c2cccc3c2cnn3C2CCCCO2)c1O. The molecule has 136 valence electrons. The van der Waals surface area contributed by atoms with Crippen molar-refractivity contribution in [3.8, 4) is 16.9 Å². The molecule has 1 aliphatic rings. The van der Waals surface area contributed by atoms with Gasteiger partial charge in [0, 0.05) is 28.5 Å². The van der Waals surface area contributed by atoms with Crippen molar-refractivity contribution in [3.63, 3.8) is 0 Å². The summed E-state index contributed by atoms with van der Waals surface area (Å²) < 4.78 is 7.79. The molecule has 0 bridgehead atoms. The van der Waals surface area contributed by atoms with E-state index >= 15 is 0 Å². The fourth-order valence-electron chi connectivity index (χ4n) is 3.94. The minimum atomic E-state index is -0.497. The van der Waals surface area contributed by atoms with Crippen molar-refractivity contribution in [2.24, 2.45) is 0 Å². The molecule has 0 amide bonds. The molecule has 0 radical (unpaired) electrons. The van der Waals surface area contributed by atoms with Crippen LogP contribution in [0.2, 0.25) is 0 Å². The highest BCUT2D eigenvalue weighted by molar-refractivity contribution is 6.05. The van der Waals surface area contributed by atoms with Crippen molar-refractivity contribution in [1.82, 2.24) is 14.8 Å². The van der Waals surface area contributed by atoms with Gasteiger partial charge in [-0.25, -0.2) is 4.68 Å². The van der Waals surface area contributed by atoms with Gasteiger partial charge in [0.25, 0.3) is 5.56 Å². The Morgan fingerprint density at radius 3 is 2.85 bits per heavy atom. The first-order chi connectivity index (χ1) is 13.2. The maximum Gasteiger partial charge on any atom is 0.291 e. The maximum atomic E-state index is 12.3. The van der Waals surface area contributed by atoms with Crippen LogP contribution in [0.5, 0.6) is 5.75 Å². The third kappa shape index (κ3) is 2.52. The van der Waals surface area contributed by atoms with Crippen molar-refractivity contribution in [2.45, 2.75) is 25.5 Å². The van der Waals surface area contributed by atoms with Crippen LogP contribution in [0.4, 0.5) is 0 Å². The Hall–Kier alpha value is -3.12. The fraction of sp³-hybridized carbons (Fsp3) is 0.238. The van der Waals surface area contributed by atoms with E-state index in [1.807, 2.05) is 47.1 Å². The Morgan fingerprint density at radius 1 is 1.11 bits per heavy atom. The Morgan fingerprint density at radius 2 is 2.00 bits per heavy atom. The number of rotatable bonds is 2. The van der Waals surface area contributed by atoms with Gasteiger partial charge >= 0.3 is 0 Å². The lowest BCUT2D eigenvalue weighted by Gasteiger charge is -2.23. The first kappa shape index (κ1) is 16.1. The Bertz CT molecular complexity index is 1200. The predicted octanol–water partition coefficient (Wildman–Crippen LogP) is 3.95. The summed E-state index contributed by atoms with van der Waals surface area (Å²) in [4.78, 5) is 15.0. The van der Waals surface area contributed by atoms with Crippen LogP contribution >= 0.6 is 0 Å². The molecule has 2 aromatic heterocycles. The maximum absolute atomic E-state index is 12.3. The summed E-state index contributed by atoms with van der Waals surface area (Å²) in [5, 5.41) is 16.8. The molecule has 27 heavy (non-hydrogen) atoms. The molecule has 1 unspecified atom stereocenters. The molecular formula is C21H19N3O3. The van der Waals surface area contributed by atoms with Gasteiger partial charge < -0.3 is 14.8 Å². The van der Waals surface area contributed by atoms with Gasteiger partial charge in [0.1, 0.15) is 0 Å². The predicted molar refractivity (Wildman–Crippen MR) is 104 cm³/mol. The van der Waals surface area contributed by atoms with E-state index in [0.717, 1.165) is 47.7 Å². The molecular weight excluding hydrogens is 342 g/mol. The molecule has 1 aliphatic heterocycles. The van der Waals surface area contributed by atoms with E-state index < -0.39 is 5.56 Å². The number of aromatic nitrogens is 3. The number of benzene rings is 2. The number of H-pyrrole nitrogens is 1. The van der Waals surface area contributed by atoms with Crippen molar-refractivity contribution < 1.29 is 9.84 Å². The van der Waals surface area contributed by atoms with Crippen molar-refractivity contribution in [1.29, 1.82) is 0 Å². The lowest BCUT2D eigenvalue weighted by Crippen LogP contribution is -2.18. The first-order valence-corrected chi connectivity index (χ1v) is 9.16. The molecule has 1 fully saturated rings. The molecule has 0 saturated carbocycles. The van der Waals surface area contributed by atoms with E-state index in [9.17, 15) is 9.90 Å². The number of pyridine rings is 1. The van der Waals surface area contributed by atoms with Crippen LogP contribution in [-0.2, 0) is 4.74 Å². The normalized spacial score (nSPS) is 17.6. The smallest absolute Gasteiger partial charge is 0.291 e. The molecule has 0 spiro atoms. The largest absolute Gasteiger partial charge is 0.503 e. The highest BCUT2D eigenvalue weighted by atomic mass is 16.5. The summed E-state index contributed by atoms with van der Waals surface area (Å²) >= 11 is 0. The average molecular weight is 361 g/mol. The van der Waals surface area contributed by atoms with Crippen molar-refractivity contribution in [2.75, 3.05) is 6.61 Å². The molecule has 5 rings (SSSR count). The molecule has 6 heteroatoms. The fourth-order valence-corrected chi connectivity index (χ4v) is 3.94. The molecule has 2 aromatic carbocycles. The van der Waals surface area contributed by atoms with Gasteiger partial charge in [-0.15, -0.1) is 0 Å². The molecule has 0 aliphatic carbocycles. The zero-order chi connectivity index (χ0) is 18.4. The van der Waals surface area contributed by atoms with Crippen LogP contribution in [0, 0.1) is 0 Å². The molecule has 2 N–H and O–H groups in total. The van der Waals surface area contributed by atoms with E-state index in [1.54, 1.807) is 6.20 Å². The number of fused-ring (bicyclic) bond motifs is 2. The van der Waals surface area contributed by atoms with Crippen LogP contribution in [-0.4, -0.2) is 26.5 Å². The van der Waals surface area contributed by atoms with E-state index in [2.05, 4.69) is 10.1 Å². The number of para-hydroxylation sites is 1. The summed E-state index contributed by atoms with van der Waals surface area (Å²) in [5.41, 5.74) is 2.45. The summed E-state index contributed by atoms with van der Waals surface area (Å²) in [6.45, 7) is 0.741. The standard InChI is InChI=1S/C21H19N3O3/c25-20-19(14-6-1-2-8-16(14)23-21(20)26)13-7-5-9-17-15(13)12-22-24(17)18-10-3-4-11-27-18/h1-2,5-9,12,18,25H,3-4,10-11H2,(H,23,26). The quantitative estimate of drug-likeness (QED) is 0.566. The molecule has 3 heterocycles. The average Bonchev–Trinajstić information content (AvgIpc) is 3.14. The summed E-state index contributed by atoms with van der Waals surface area (Å²) in [7, 11) is 0. The van der Waals surface area contributed by atoms with Gasteiger partial charge in [0.05, 0.1) is 11.7 Å². The number of aromatic hydroxyl groups is 1.